The molecule has 2 aliphatic carbocycles. The fourth-order valence-corrected chi connectivity index (χ4v) is 2.87. The zero-order valence-electron chi connectivity index (χ0n) is 7.68. The largest absolute Gasteiger partial charge is 0.356 e. The first-order valence-corrected chi connectivity index (χ1v) is 5.09. The second-order valence-electron chi connectivity index (χ2n) is 4.18. The predicted octanol–water partition coefficient (Wildman–Crippen LogP) is 1.56. The first-order valence-electron chi connectivity index (χ1n) is 5.09. The summed E-state index contributed by atoms with van der Waals surface area (Å²) < 4.78 is 0. The first kappa shape index (κ1) is 8.09. The van der Waals surface area contributed by atoms with Crippen molar-refractivity contribution in [3.05, 3.63) is 0 Å². The zero-order valence-corrected chi connectivity index (χ0v) is 7.68. The Morgan fingerprint density at radius 1 is 1.42 bits per heavy atom. The molecule has 0 aromatic carbocycles. The lowest BCUT2D eigenvalue weighted by Gasteiger charge is -2.20. The lowest BCUT2D eigenvalue weighted by Crippen LogP contribution is -2.33. The van der Waals surface area contributed by atoms with Gasteiger partial charge < -0.3 is 5.32 Å². The van der Waals surface area contributed by atoms with Crippen LogP contribution in [-0.2, 0) is 4.79 Å². The number of fused-ring (bicyclic) bond motifs is 2. The summed E-state index contributed by atoms with van der Waals surface area (Å²) in [6, 6.07) is 0. The summed E-state index contributed by atoms with van der Waals surface area (Å²) in [6.45, 7) is 2.78. The van der Waals surface area contributed by atoms with Gasteiger partial charge in [-0.3, -0.25) is 4.79 Å². The van der Waals surface area contributed by atoms with Crippen LogP contribution in [0.3, 0.4) is 0 Å². The van der Waals surface area contributed by atoms with Gasteiger partial charge in [0.1, 0.15) is 0 Å². The van der Waals surface area contributed by atoms with E-state index in [0.29, 0.717) is 11.8 Å². The van der Waals surface area contributed by atoms with E-state index in [1.807, 2.05) is 6.92 Å². The highest BCUT2D eigenvalue weighted by molar-refractivity contribution is 5.79. The van der Waals surface area contributed by atoms with E-state index >= 15 is 0 Å². The average molecular weight is 167 g/mol. The maximum absolute atomic E-state index is 11.5. The minimum absolute atomic E-state index is 0.310. The van der Waals surface area contributed by atoms with E-state index < -0.39 is 0 Å². The van der Waals surface area contributed by atoms with Gasteiger partial charge in [0, 0.05) is 12.5 Å². The summed E-state index contributed by atoms with van der Waals surface area (Å²) in [4.78, 5) is 11.5. The molecule has 0 spiro atoms. The molecule has 2 rings (SSSR count). The molecule has 0 heterocycles. The minimum atomic E-state index is 0.310. The first-order chi connectivity index (χ1) is 5.81. The van der Waals surface area contributed by atoms with Crippen LogP contribution >= 0.6 is 0 Å². The van der Waals surface area contributed by atoms with Gasteiger partial charge in [0.15, 0.2) is 0 Å². The molecule has 2 heteroatoms. The number of rotatable bonds is 2. The molecule has 0 aromatic heterocycles. The van der Waals surface area contributed by atoms with Gasteiger partial charge in [-0.15, -0.1) is 0 Å². The van der Waals surface area contributed by atoms with Crippen LogP contribution in [0.4, 0.5) is 0 Å². The molecule has 2 bridgehead atoms. The van der Waals surface area contributed by atoms with Crippen molar-refractivity contribution in [3.63, 3.8) is 0 Å². The maximum Gasteiger partial charge on any atom is 0.223 e. The molecule has 2 aliphatic rings. The van der Waals surface area contributed by atoms with Crippen molar-refractivity contribution in [2.45, 2.75) is 32.6 Å². The minimum Gasteiger partial charge on any atom is -0.356 e. The van der Waals surface area contributed by atoms with E-state index in [2.05, 4.69) is 5.32 Å². The Labute approximate surface area is 73.7 Å². The number of hydrogen-bond donors (Lipinski definition) is 1. The summed E-state index contributed by atoms with van der Waals surface area (Å²) in [7, 11) is 0. The van der Waals surface area contributed by atoms with Gasteiger partial charge in [0.05, 0.1) is 0 Å². The normalized spacial score (nSPS) is 38.6. The Bertz CT molecular complexity index is 190. The van der Waals surface area contributed by atoms with Gasteiger partial charge in [-0.1, -0.05) is 6.42 Å². The molecule has 0 radical (unpaired) electrons. The molecule has 2 fully saturated rings. The van der Waals surface area contributed by atoms with E-state index in [0.717, 1.165) is 24.8 Å². The highest BCUT2D eigenvalue weighted by Gasteiger charge is 2.42. The number of carbonyl (C=O) groups excluding carboxylic acids is 1. The third-order valence-electron chi connectivity index (χ3n) is 3.43. The van der Waals surface area contributed by atoms with Crippen LogP contribution < -0.4 is 5.32 Å². The topological polar surface area (TPSA) is 29.1 Å². The average Bonchev–Trinajstić information content (AvgIpc) is 2.64. The van der Waals surface area contributed by atoms with Crippen LogP contribution in [0, 0.1) is 17.8 Å². The standard InChI is InChI=1S/C10H17NO/c1-2-11-10(12)9-6-7-3-4-8(9)5-7/h7-9H,2-6H2,1H3,(H,11,12). The third-order valence-corrected chi connectivity index (χ3v) is 3.43. The molecular weight excluding hydrogens is 150 g/mol. The van der Waals surface area contributed by atoms with Gasteiger partial charge in [0.25, 0.3) is 0 Å². The van der Waals surface area contributed by atoms with Crippen molar-refractivity contribution in [2.75, 3.05) is 6.54 Å². The summed E-state index contributed by atoms with van der Waals surface area (Å²) in [5.41, 5.74) is 0. The molecule has 0 saturated heterocycles. The van der Waals surface area contributed by atoms with Crippen LogP contribution in [0.2, 0.25) is 0 Å². The van der Waals surface area contributed by atoms with Crippen molar-refractivity contribution >= 4 is 5.91 Å². The van der Waals surface area contributed by atoms with Crippen LogP contribution in [0.15, 0.2) is 0 Å². The number of carbonyl (C=O) groups is 1. The molecule has 1 N–H and O–H groups in total. The Kier molecular flexibility index (Phi) is 2.07. The Balaban J connectivity index is 1.93. The van der Waals surface area contributed by atoms with E-state index in [1.165, 1.54) is 19.3 Å². The highest BCUT2D eigenvalue weighted by Crippen LogP contribution is 2.48. The smallest absolute Gasteiger partial charge is 0.223 e. The number of amides is 1. The third kappa shape index (κ3) is 1.23. The number of nitrogens with one attached hydrogen (secondary N) is 1. The van der Waals surface area contributed by atoms with Gasteiger partial charge in [0.2, 0.25) is 5.91 Å². The van der Waals surface area contributed by atoms with Gasteiger partial charge >= 0.3 is 0 Å². The van der Waals surface area contributed by atoms with Crippen molar-refractivity contribution in [3.8, 4) is 0 Å². The summed E-state index contributed by atoms with van der Waals surface area (Å²) >= 11 is 0. The summed E-state index contributed by atoms with van der Waals surface area (Å²) in [6.07, 6.45) is 5.16. The van der Waals surface area contributed by atoms with E-state index in [4.69, 9.17) is 0 Å². The van der Waals surface area contributed by atoms with Gasteiger partial charge in [-0.05, 0) is 38.0 Å². The Hall–Kier alpha value is -0.530. The van der Waals surface area contributed by atoms with E-state index in [-0.39, 0.29) is 0 Å². The van der Waals surface area contributed by atoms with Crippen LogP contribution in [0.5, 0.6) is 0 Å². The fourth-order valence-electron chi connectivity index (χ4n) is 2.87. The van der Waals surface area contributed by atoms with Crippen LogP contribution in [0.25, 0.3) is 0 Å². The molecule has 12 heavy (non-hydrogen) atoms. The summed E-state index contributed by atoms with van der Waals surface area (Å²) in [5, 5.41) is 2.93. The maximum atomic E-state index is 11.5. The second-order valence-corrected chi connectivity index (χ2v) is 4.18. The molecule has 1 amide bonds. The van der Waals surface area contributed by atoms with E-state index in [1.54, 1.807) is 0 Å². The van der Waals surface area contributed by atoms with Gasteiger partial charge in [-0.25, -0.2) is 0 Å². The zero-order chi connectivity index (χ0) is 8.55. The second kappa shape index (κ2) is 3.08. The molecule has 0 aromatic rings. The van der Waals surface area contributed by atoms with Crippen molar-refractivity contribution in [1.29, 1.82) is 0 Å². The quantitative estimate of drug-likeness (QED) is 0.664. The monoisotopic (exact) mass is 167 g/mol. The molecule has 68 valence electrons. The van der Waals surface area contributed by atoms with Crippen molar-refractivity contribution in [2.24, 2.45) is 17.8 Å². The van der Waals surface area contributed by atoms with Gasteiger partial charge in [-0.2, -0.15) is 0 Å². The fraction of sp³-hybridized carbons (Fsp3) is 0.900. The Morgan fingerprint density at radius 2 is 2.25 bits per heavy atom. The molecule has 2 saturated carbocycles. The summed E-state index contributed by atoms with van der Waals surface area (Å²) in [5.74, 6) is 2.28. The van der Waals surface area contributed by atoms with Crippen LogP contribution in [0.1, 0.15) is 32.6 Å². The molecule has 2 nitrogen and oxygen atoms in total. The van der Waals surface area contributed by atoms with Crippen LogP contribution in [-0.4, -0.2) is 12.5 Å². The predicted molar refractivity (Wildman–Crippen MR) is 47.6 cm³/mol. The lowest BCUT2D eigenvalue weighted by molar-refractivity contribution is -0.126. The van der Waals surface area contributed by atoms with Crippen molar-refractivity contribution in [1.82, 2.24) is 5.32 Å². The van der Waals surface area contributed by atoms with E-state index in [9.17, 15) is 4.79 Å². The molecular formula is C10H17NO. The molecule has 3 unspecified atom stereocenters. The Morgan fingerprint density at radius 3 is 2.75 bits per heavy atom. The number of hydrogen-bond acceptors (Lipinski definition) is 1. The SMILES string of the molecule is CCNC(=O)C1CC2CCC1C2. The molecule has 3 atom stereocenters. The highest BCUT2D eigenvalue weighted by atomic mass is 16.1. The molecule has 0 aliphatic heterocycles. The van der Waals surface area contributed by atoms with Crippen molar-refractivity contribution < 1.29 is 4.79 Å². The lowest BCUT2D eigenvalue weighted by atomic mass is 9.88.